The third kappa shape index (κ3) is 5.97. The van der Waals surface area contributed by atoms with Crippen molar-refractivity contribution in [2.24, 2.45) is 0 Å². The molecule has 1 N–H and O–H groups in total. The van der Waals surface area contributed by atoms with Gasteiger partial charge in [0.15, 0.2) is 5.78 Å². The molecule has 26 heavy (non-hydrogen) atoms. The summed E-state index contributed by atoms with van der Waals surface area (Å²) in [5.74, 6) is 0.698. The molecule has 0 spiro atoms. The standard InChI is InChI=1S/C20H24N2O4/c1-14-4-9-20(15(2)10-14)26-13-19(23)12-21-16(3)11-17-5-7-18(8-6-17)22(24)25/h4-10,16,21H,11-13H2,1-3H3/t16-/m1/s1. The number of ether oxygens (including phenoxy) is 1. The Morgan fingerprint density at radius 2 is 1.88 bits per heavy atom. The van der Waals surface area contributed by atoms with E-state index in [1.807, 2.05) is 39.0 Å². The summed E-state index contributed by atoms with van der Waals surface area (Å²) in [4.78, 5) is 22.2. The fraction of sp³-hybridized carbons (Fsp3) is 0.350. The lowest BCUT2D eigenvalue weighted by atomic mass is 10.1. The number of aryl methyl sites for hydroxylation is 2. The third-order valence-corrected chi connectivity index (χ3v) is 4.06. The van der Waals surface area contributed by atoms with E-state index in [-0.39, 0.29) is 30.7 Å². The Morgan fingerprint density at radius 3 is 2.50 bits per heavy atom. The van der Waals surface area contributed by atoms with E-state index in [1.54, 1.807) is 12.1 Å². The van der Waals surface area contributed by atoms with Gasteiger partial charge in [-0.15, -0.1) is 0 Å². The predicted octanol–water partition coefficient (Wildman–Crippen LogP) is 3.38. The number of benzene rings is 2. The van der Waals surface area contributed by atoms with E-state index < -0.39 is 4.92 Å². The third-order valence-electron chi connectivity index (χ3n) is 4.06. The van der Waals surface area contributed by atoms with Crippen molar-refractivity contribution in [2.45, 2.75) is 33.2 Å². The Labute approximate surface area is 153 Å². The normalized spacial score (nSPS) is 11.8. The predicted molar refractivity (Wildman–Crippen MR) is 101 cm³/mol. The Balaban J connectivity index is 1.75. The molecule has 0 aliphatic carbocycles. The van der Waals surface area contributed by atoms with Crippen molar-refractivity contribution in [2.75, 3.05) is 13.2 Å². The number of ketones is 1. The molecule has 0 aliphatic rings. The van der Waals surface area contributed by atoms with E-state index in [1.165, 1.54) is 12.1 Å². The summed E-state index contributed by atoms with van der Waals surface area (Å²) in [6, 6.07) is 12.4. The first-order chi connectivity index (χ1) is 12.3. The Kier molecular flexibility index (Phi) is 6.86. The number of non-ortho nitro benzene ring substituents is 1. The molecule has 2 rings (SSSR count). The van der Waals surface area contributed by atoms with E-state index >= 15 is 0 Å². The minimum Gasteiger partial charge on any atom is -0.486 e. The minimum atomic E-state index is -0.417. The highest BCUT2D eigenvalue weighted by atomic mass is 16.6. The molecule has 0 saturated carbocycles. The lowest BCUT2D eigenvalue weighted by molar-refractivity contribution is -0.384. The number of carbonyl (C=O) groups excluding carboxylic acids is 1. The Bertz CT molecular complexity index is 772. The van der Waals surface area contributed by atoms with Gasteiger partial charge in [0, 0.05) is 18.2 Å². The molecule has 6 nitrogen and oxygen atoms in total. The van der Waals surface area contributed by atoms with Crippen LogP contribution in [0, 0.1) is 24.0 Å². The average Bonchev–Trinajstić information content (AvgIpc) is 2.59. The SMILES string of the molecule is Cc1ccc(OCC(=O)CN[C@H](C)Cc2ccc([N+](=O)[O-])cc2)c(C)c1. The van der Waals surface area contributed by atoms with Crippen molar-refractivity contribution in [1.82, 2.24) is 5.32 Å². The fourth-order valence-corrected chi connectivity index (χ4v) is 2.64. The van der Waals surface area contributed by atoms with Crippen LogP contribution in [0.5, 0.6) is 5.75 Å². The van der Waals surface area contributed by atoms with Gasteiger partial charge in [0.1, 0.15) is 12.4 Å². The molecule has 0 fully saturated rings. The summed E-state index contributed by atoms with van der Waals surface area (Å²) >= 11 is 0. The number of carbonyl (C=O) groups is 1. The largest absolute Gasteiger partial charge is 0.486 e. The summed E-state index contributed by atoms with van der Waals surface area (Å²) in [6.45, 7) is 6.19. The van der Waals surface area contributed by atoms with Gasteiger partial charge in [0.25, 0.3) is 5.69 Å². The molecule has 0 radical (unpaired) electrons. The zero-order chi connectivity index (χ0) is 19.1. The van der Waals surface area contributed by atoms with Crippen LogP contribution in [-0.4, -0.2) is 29.9 Å². The van der Waals surface area contributed by atoms with Gasteiger partial charge in [-0.05, 0) is 44.4 Å². The zero-order valence-electron chi connectivity index (χ0n) is 15.3. The Hall–Kier alpha value is -2.73. The maximum atomic E-state index is 12.0. The maximum Gasteiger partial charge on any atom is 0.269 e. The summed E-state index contributed by atoms with van der Waals surface area (Å²) in [5, 5.41) is 13.8. The number of rotatable bonds is 9. The van der Waals surface area contributed by atoms with Gasteiger partial charge >= 0.3 is 0 Å². The molecule has 2 aromatic rings. The van der Waals surface area contributed by atoms with Crippen LogP contribution in [0.15, 0.2) is 42.5 Å². The lowest BCUT2D eigenvalue weighted by Crippen LogP contribution is -2.35. The topological polar surface area (TPSA) is 81.5 Å². The number of hydrogen-bond acceptors (Lipinski definition) is 5. The number of nitro benzene ring substituents is 1. The molecule has 0 bridgehead atoms. The monoisotopic (exact) mass is 356 g/mol. The van der Waals surface area contributed by atoms with Crippen LogP contribution in [-0.2, 0) is 11.2 Å². The minimum absolute atomic E-state index is 0.0273. The summed E-state index contributed by atoms with van der Waals surface area (Å²) in [7, 11) is 0. The van der Waals surface area contributed by atoms with E-state index in [0.29, 0.717) is 6.42 Å². The molecule has 6 heteroatoms. The molecule has 0 aliphatic heterocycles. The first-order valence-corrected chi connectivity index (χ1v) is 8.53. The molecule has 0 amide bonds. The van der Waals surface area contributed by atoms with Crippen LogP contribution in [0.1, 0.15) is 23.6 Å². The van der Waals surface area contributed by atoms with Crippen LogP contribution in [0.4, 0.5) is 5.69 Å². The number of hydrogen-bond donors (Lipinski definition) is 1. The van der Waals surface area contributed by atoms with E-state index in [2.05, 4.69) is 5.32 Å². The van der Waals surface area contributed by atoms with Crippen molar-refractivity contribution < 1.29 is 14.5 Å². The quantitative estimate of drug-likeness (QED) is 0.550. The highest BCUT2D eigenvalue weighted by molar-refractivity contribution is 5.82. The molecular formula is C20H24N2O4. The number of nitrogens with zero attached hydrogens (tertiary/aromatic N) is 1. The second-order valence-corrected chi connectivity index (χ2v) is 6.51. The van der Waals surface area contributed by atoms with Crippen molar-refractivity contribution in [3.63, 3.8) is 0 Å². The van der Waals surface area contributed by atoms with Gasteiger partial charge in [-0.3, -0.25) is 14.9 Å². The number of nitro groups is 1. The van der Waals surface area contributed by atoms with Gasteiger partial charge in [-0.25, -0.2) is 0 Å². The van der Waals surface area contributed by atoms with Crippen LogP contribution in [0.3, 0.4) is 0 Å². The molecule has 0 aromatic heterocycles. The van der Waals surface area contributed by atoms with Gasteiger partial charge < -0.3 is 10.1 Å². The smallest absolute Gasteiger partial charge is 0.269 e. The van der Waals surface area contributed by atoms with Crippen molar-refractivity contribution in [3.8, 4) is 5.75 Å². The molecule has 2 aromatic carbocycles. The first kappa shape index (κ1) is 19.6. The van der Waals surface area contributed by atoms with Gasteiger partial charge in [-0.2, -0.15) is 0 Å². The lowest BCUT2D eigenvalue weighted by Gasteiger charge is -2.14. The van der Waals surface area contributed by atoms with E-state index in [9.17, 15) is 14.9 Å². The summed E-state index contributed by atoms with van der Waals surface area (Å²) < 4.78 is 5.59. The van der Waals surface area contributed by atoms with Crippen molar-refractivity contribution in [1.29, 1.82) is 0 Å². The van der Waals surface area contributed by atoms with Gasteiger partial charge in [0.05, 0.1) is 11.5 Å². The Morgan fingerprint density at radius 1 is 1.19 bits per heavy atom. The molecule has 1 atom stereocenters. The molecule has 0 saturated heterocycles. The average molecular weight is 356 g/mol. The van der Waals surface area contributed by atoms with Crippen LogP contribution >= 0.6 is 0 Å². The highest BCUT2D eigenvalue weighted by Crippen LogP contribution is 2.18. The van der Waals surface area contributed by atoms with E-state index in [0.717, 1.165) is 22.4 Å². The first-order valence-electron chi connectivity index (χ1n) is 8.53. The molecule has 138 valence electrons. The maximum absolute atomic E-state index is 12.0. The molecular weight excluding hydrogens is 332 g/mol. The summed E-state index contributed by atoms with van der Waals surface area (Å²) in [6.07, 6.45) is 0.684. The van der Waals surface area contributed by atoms with Crippen LogP contribution in [0.2, 0.25) is 0 Å². The highest BCUT2D eigenvalue weighted by Gasteiger charge is 2.10. The van der Waals surface area contributed by atoms with E-state index in [4.69, 9.17) is 4.74 Å². The number of nitrogens with one attached hydrogen (secondary N) is 1. The van der Waals surface area contributed by atoms with Gasteiger partial charge in [-0.1, -0.05) is 29.8 Å². The molecule has 0 unspecified atom stereocenters. The summed E-state index contributed by atoms with van der Waals surface area (Å²) in [5.41, 5.74) is 3.22. The number of Topliss-reactive ketones (excluding diaryl/α,β-unsaturated/α-hetero) is 1. The molecule has 0 heterocycles. The second kappa shape index (κ2) is 9.10. The fourth-order valence-electron chi connectivity index (χ4n) is 2.64. The second-order valence-electron chi connectivity index (χ2n) is 6.51. The van der Waals surface area contributed by atoms with Crippen molar-refractivity contribution >= 4 is 11.5 Å². The van der Waals surface area contributed by atoms with Gasteiger partial charge in [0.2, 0.25) is 0 Å². The zero-order valence-corrected chi connectivity index (χ0v) is 15.3. The van der Waals surface area contributed by atoms with Crippen molar-refractivity contribution in [3.05, 3.63) is 69.3 Å². The van der Waals surface area contributed by atoms with Crippen LogP contribution < -0.4 is 10.1 Å². The van der Waals surface area contributed by atoms with Crippen LogP contribution in [0.25, 0.3) is 0 Å².